The zero-order chi connectivity index (χ0) is 15.2. The van der Waals surface area contributed by atoms with E-state index in [0.717, 1.165) is 12.8 Å². The normalized spacial score (nSPS) is 24.5. The molecule has 112 valence electrons. The lowest BCUT2D eigenvalue weighted by atomic mass is 9.90. The largest absolute Gasteiger partial charge is 0.340 e. The highest BCUT2D eigenvalue weighted by Gasteiger charge is 2.51. The van der Waals surface area contributed by atoms with Crippen LogP contribution < -0.4 is 10.2 Å². The number of hydrogen-bond acceptors (Lipinski definition) is 2. The molecule has 2 fully saturated rings. The van der Waals surface area contributed by atoms with Crippen molar-refractivity contribution < 1.29 is 14.0 Å². The molecule has 1 aliphatic heterocycles. The fourth-order valence-corrected chi connectivity index (χ4v) is 3.58. The molecule has 1 aliphatic carbocycles. The zero-order valence-corrected chi connectivity index (χ0v) is 13.2. The molecule has 0 aromatic heterocycles. The first kappa shape index (κ1) is 14.5. The lowest BCUT2D eigenvalue weighted by Gasteiger charge is -2.43. The van der Waals surface area contributed by atoms with E-state index >= 15 is 0 Å². The van der Waals surface area contributed by atoms with Crippen LogP contribution in [0.2, 0.25) is 0 Å². The van der Waals surface area contributed by atoms with E-state index in [1.807, 2.05) is 0 Å². The van der Waals surface area contributed by atoms with E-state index in [1.54, 1.807) is 13.0 Å². The van der Waals surface area contributed by atoms with Gasteiger partial charge in [0.2, 0.25) is 5.91 Å². The lowest BCUT2D eigenvalue weighted by molar-refractivity contribution is -0.137. The number of benzene rings is 1. The quantitative estimate of drug-likeness (QED) is 0.842. The van der Waals surface area contributed by atoms with Crippen LogP contribution in [-0.2, 0) is 9.59 Å². The molecule has 1 N–H and O–H groups in total. The van der Waals surface area contributed by atoms with Crippen molar-refractivity contribution in [1.82, 2.24) is 5.32 Å². The Bertz CT molecular complexity index is 614. The Hall–Kier alpha value is -1.43. The van der Waals surface area contributed by atoms with Crippen LogP contribution in [0.5, 0.6) is 0 Å². The van der Waals surface area contributed by atoms with E-state index in [9.17, 15) is 14.0 Å². The van der Waals surface area contributed by atoms with E-state index in [1.165, 1.54) is 17.0 Å². The third-order valence-corrected chi connectivity index (χ3v) is 5.00. The number of amides is 2. The van der Waals surface area contributed by atoms with Crippen molar-refractivity contribution >= 4 is 33.4 Å². The Balaban J connectivity index is 2.03. The van der Waals surface area contributed by atoms with Gasteiger partial charge >= 0.3 is 0 Å². The maximum Gasteiger partial charge on any atom is 0.253 e. The van der Waals surface area contributed by atoms with Gasteiger partial charge in [-0.15, -0.1) is 0 Å². The number of carbonyl (C=O) groups is 2. The van der Waals surface area contributed by atoms with Crippen molar-refractivity contribution in [3.63, 3.8) is 0 Å². The fourth-order valence-electron chi connectivity index (χ4n) is 3.21. The van der Waals surface area contributed by atoms with Gasteiger partial charge in [0.05, 0.1) is 4.47 Å². The lowest BCUT2D eigenvalue weighted by Crippen LogP contribution is -2.69. The number of hydrogen-bond donors (Lipinski definition) is 1. The summed E-state index contributed by atoms with van der Waals surface area (Å²) in [6.07, 6.45) is 3.20. The van der Waals surface area contributed by atoms with Gasteiger partial charge in [0.25, 0.3) is 5.91 Å². The number of nitrogens with zero attached hydrogens (tertiary/aromatic N) is 1. The molecule has 0 radical (unpaired) electrons. The average Bonchev–Trinajstić information content (AvgIpc) is 2.90. The number of piperazine rings is 1. The van der Waals surface area contributed by atoms with Gasteiger partial charge in [0.15, 0.2) is 0 Å². The van der Waals surface area contributed by atoms with Gasteiger partial charge in [-0.2, -0.15) is 0 Å². The summed E-state index contributed by atoms with van der Waals surface area (Å²) in [6, 6.07) is 3.79. The van der Waals surface area contributed by atoms with Crippen molar-refractivity contribution in [2.45, 2.75) is 44.2 Å². The van der Waals surface area contributed by atoms with Crippen molar-refractivity contribution in [2.75, 3.05) is 4.90 Å². The zero-order valence-electron chi connectivity index (χ0n) is 11.7. The van der Waals surface area contributed by atoms with Gasteiger partial charge in [-0.3, -0.25) is 14.5 Å². The van der Waals surface area contributed by atoms with Crippen LogP contribution in [0.15, 0.2) is 22.7 Å². The minimum Gasteiger partial charge on any atom is -0.340 e. The molecule has 1 unspecified atom stereocenters. The minimum absolute atomic E-state index is 0.0920. The van der Waals surface area contributed by atoms with E-state index < -0.39 is 17.4 Å². The van der Waals surface area contributed by atoms with Gasteiger partial charge in [0, 0.05) is 5.69 Å². The Morgan fingerprint density at radius 2 is 2.00 bits per heavy atom. The molecule has 1 saturated carbocycles. The Labute approximate surface area is 130 Å². The van der Waals surface area contributed by atoms with Crippen molar-refractivity contribution in [2.24, 2.45) is 0 Å². The Morgan fingerprint density at radius 3 is 2.62 bits per heavy atom. The first-order chi connectivity index (χ1) is 9.94. The molecule has 1 aromatic carbocycles. The molecule has 2 aliphatic rings. The Kier molecular flexibility index (Phi) is 3.51. The molecule has 1 saturated heterocycles. The highest BCUT2D eigenvalue weighted by atomic mass is 79.9. The van der Waals surface area contributed by atoms with Crippen LogP contribution in [0.4, 0.5) is 10.1 Å². The van der Waals surface area contributed by atoms with E-state index in [-0.39, 0.29) is 16.3 Å². The number of nitrogens with one attached hydrogen (secondary N) is 1. The third-order valence-electron chi connectivity index (χ3n) is 4.40. The second-order valence-electron chi connectivity index (χ2n) is 5.73. The summed E-state index contributed by atoms with van der Waals surface area (Å²) in [5, 5.41) is 2.90. The molecule has 6 heteroatoms. The summed E-state index contributed by atoms with van der Waals surface area (Å²) in [5.74, 6) is -0.640. The monoisotopic (exact) mass is 354 g/mol. The minimum atomic E-state index is -0.773. The van der Waals surface area contributed by atoms with Crippen molar-refractivity contribution in [1.29, 1.82) is 0 Å². The van der Waals surface area contributed by atoms with Gasteiger partial charge in [-0.05, 0) is 53.9 Å². The second-order valence-corrected chi connectivity index (χ2v) is 6.58. The maximum atomic E-state index is 13.4. The standard InChI is InChI=1S/C15H16BrFN2O2/c1-9-13(20)18-15(6-2-3-7-15)14(21)19(9)10-4-5-12(17)11(16)8-10/h4-5,8-9H,2-3,6-7H2,1H3,(H,18,20). The van der Waals surface area contributed by atoms with E-state index in [0.29, 0.717) is 18.5 Å². The van der Waals surface area contributed by atoms with Crippen LogP contribution in [0.3, 0.4) is 0 Å². The summed E-state index contributed by atoms with van der Waals surface area (Å²) in [5.41, 5.74) is -0.230. The summed E-state index contributed by atoms with van der Waals surface area (Å²) < 4.78 is 13.7. The predicted molar refractivity (Wildman–Crippen MR) is 80.4 cm³/mol. The van der Waals surface area contributed by atoms with E-state index in [4.69, 9.17) is 0 Å². The van der Waals surface area contributed by atoms with Crippen LogP contribution in [-0.4, -0.2) is 23.4 Å². The Morgan fingerprint density at radius 1 is 1.33 bits per heavy atom. The highest BCUT2D eigenvalue weighted by molar-refractivity contribution is 9.10. The number of carbonyl (C=O) groups excluding carboxylic acids is 2. The molecule has 1 aromatic rings. The van der Waals surface area contributed by atoms with Crippen LogP contribution in [0, 0.1) is 5.82 Å². The summed E-state index contributed by atoms with van der Waals surface area (Å²) in [6.45, 7) is 1.69. The van der Waals surface area contributed by atoms with Crippen LogP contribution in [0.1, 0.15) is 32.6 Å². The molecule has 4 nitrogen and oxygen atoms in total. The molecular formula is C15H16BrFN2O2. The van der Waals surface area contributed by atoms with Crippen LogP contribution in [0.25, 0.3) is 0 Å². The topological polar surface area (TPSA) is 49.4 Å². The first-order valence-corrected chi connectivity index (χ1v) is 7.85. The predicted octanol–water partition coefficient (Wildman–Crippen LogP) is 2.75. The number of halogens is 2. The van der Waals surface area contributed by atoms with Gasteiger partial charge < -0.3 is 5.32 Å². The summed E-state index contributed by atoms with van der Waals surface area (Å²) in [4.78, 5) is 26.6. The second kappa shape index (κ2) is 5.09. The van der Waals surface area contributed by atoms with Gasteiger partial charge in [0.1, 0.15) is 17.4 Å². The SMILES string of the molecule is CC1C(=O)NC2(CCCC2)C(=O)N1c1ccc(F)c(Br)c1. The number of anilines is 1. The molecule has 2 amide bonds. The van der Waals surface area contributed by atoms with Gasteiger partial charge in [-0.1, -0.05) is 12.8 Å². The average molecular weight is 355 g/mol. The van der Waals surface area contributed by atoms with Gasteiger partial charge in [-0.25, -0.2) is 4.39 Å². The summed E-state index contributed by atoms with van der Waals surface area (Å²) in [7, 11) is 0. The first-order valence-electron chi connectivity index (χ1n) is 7.05. The highest BCUT2D eigenvalue weighted by Crippen LogP contribution is 2.37. The maximum absolute atomic E-state index is 13.4. The molecule has 3 rings (SSSR count). The molecule has 1 atom stereocenters. The molecule has 1 spiro atoms. The molecular weight excluding hydrogens is 339 g/mol. The molecule has 1 heterocycles. The third kappa shape index (κ3) is 2.25. The number of rotatable bonds is 1. The van der Waals surface area contributed by atoms with Crippen molar-refractivity contribution in [3.8, 4) is 0 Å². The van der Waals surface area contributed by atoms with Crippen molar-refractivity contribution in [3.05, 3.63) is 28.5 Å². The molecule has 0 bridgehead atoms. The fraction of sp³-hybridized carbons (Fsp3) is 0.467. The van der Waals surface area contributed by atoms with Crippen LogP contribution >= 0.6 is 15.9 Å². The summed E-state index contributed by atoms with van der Waals surface area (Å²) >= 11 is 3.13. The smallest absolute Gasteiger partial charge is 0.253 e. The van der Waals surface area contributed by atoms with E-state index in [2.05, 4.69) is 21.2 Å². The molecule has 21 heavy (non-hydrogen) atoms.